The predicted octanol–water partition coefficient (Wildman–Crippen LogP) is 1.79. The molecule has 1 saturated heterocycles. The van der Waals surface area contributed by atoms with Crippen LogP contribution in [0.25, 0.3) is 0 Å². The maximum absolute atomic E-state index is 11.0. The zero-order valence-corrected chi connectivity index (χ0v) is 13.7. The van der Waals surface area contributed by atoms with Gasteiger partial charge >= 0.3 is 0 Å². The van der Waals surface area contributed by atoms with Crippen molar-refractivity contribution in [2.24, 2.45) is 7.05 Å². The van der Waals surface area contributed by atoms with E-state index in [4.69, 9.17) is 0 Å². The third-order valence-corrected chi connectivity index (χ3v) is 4.36. The first kappa shape index (κ1) is 15.7. The van der Waals surface area contributed by atoms with Crippen LogP contribution in [0.1, 0.15) is 42.9 Å². The Labute approximate surface area is 136 Å². The van der Waals surface area contributed by atoms with Crippen molar-refractivity contribution in [1.82, 2.24) is 24.8 Å². The lowest BCUT2D eigenvalue weighted by molar-refractivity contribution is -0.119. The van der Waals surface area contributed by atoms with Crippen molar-refractivity contribution in [3.63, 3.8) is 0 Å². The second kappa shape index (κ2) is 6.91. The lowest BCUT2D eigenvalue weighted by Crippen LogP contribution is -2.25. The highest BCUT2D eigenvalue weighted by molar-refractivity contribution is 5.72. The lowest BCUT2D eigenvalue weighted by Gasteiger charge is -2.23. The zero-order valence-electron chi connectivity index (χ0n) is 13.7. The van der Waals surface area contributed by atoms with Gasteiger partial charge in [-0.3, -0.25) is 14.7 Å². The van der Waals surface area contributed by atoms with Gasteiger partial charge in [0.25, 0.3) is 0 Å². The monoisotopic (exact) mass is 313 g/mol. The maximum Gasteiger partial charge on any atom is 0.217 e. The van der Waals surface area contributed by atoms with Crippen LogP contribution in [0.2, 0.25) is 0 Å². The second-order valence-electron chi connectivity index (χ2n) is 6.08. The lowest BCUT2D eigenvalue weighted by atomic mass is 10.1. The molecular weight excluding hydrogens is 290 g/mol. The number of hydrogen-bond acceptors (Lipinski definition) is 4. The molecule has 1 aliphatic heterocycles. The number of pyridine rings is 1. The molecule has 1 aliphatic rings. The van der Waals surface area contributed by atoms with E-state index in [9.17, 15) is 4.79 Å². The number of amides is 1. The van der Waals surface area contributed by atoms with E-state index in [1.807, 2.05) is 25.6 Å². The first-order valence-corrected chi connectivity index (χ1v) is 8.03. The van der Waals surface area contributed by atoms with Gasteiger partial charge in [0.2, 0.25) is 5.91 Å². The predicted molar refractivity (Wildman–Crippen MR) is 87.4 cm³/mol. The van der Waals surface area contributed by atoms with Gasteiger partial charge in [0.05, 0.1) is 18.3 Å². The Morgan fingerprint density at radius 2 is 2.26 bits per heavy atom. The molecule has 6 nitrogen and oxygen atoms in total. The molecule has 0 radical (unpaired) electrons. The molecule has 0 spiro atoms. The van der Waals surface area contributed by atoms with Crippen molar-refractivity contribution < 1.29 is 4.79 Å². The van der Waals surface area contributed by atoms with E-state index in [-0.39, 0.29) is 5.91 Å². The van der Waals surface area contributed by atoms with E-state index in [0.717, 1.165) is 36.6 Å². The number of aryl methyl sites for hydroxylation is 1. The second-order valence-corrected chi connectivity index (χ2v) is 6.08. The topological polar surface area (TPSA) is 63.1 Å². The molecule has 0 bridgehead atoms. The first-order valence-electron chi connectivity index (χ1n) is 8.03. The fraction of sp³-hybridized carbons (Fsp3) is 0.471. The van der Waals surface area contributed by atoms with Gasteiger partial charge in [-0.15, -0.1) is 0 Å². The molecule has 3 heterocycles. The van der Waals surface area contributed by atoms with E-state index in [2.05, 4.69) is 36.9 Å². The van der Waals surface area contributed by atoms with Crippen molar-refractivity contribution >= 4 is 5.91 Å². The van der Waals surface area contributed by atoms with Gasteiger partial charge in [-0.1, -0.05) is 6.07 Å². The minimum atomic E-state index is -0.0221. The molecule has 23 heavy (non-hydrogen) atoms. The molecule has 3 rings (SSSR count). The molecule has 1 fully saturated rings. The van der Waals surface area contributed by atoms with Crippen LogP contribution in [-0.4, -0.2) is 31.9 Å². The van der Waals surface area contributed by atoms with Gasteiger partial charge < -0.3 is 9.88 Å². The third kappa shape index (κ3) is 3.76. The Balaban J connectivity index is 1.67. The molecule has 0 aromatic carbocycles. The highest BCUT2D eigenvalue weighted by Gasteiger charge is 2.27. The van der Waals surface area contributed by atoms with Crippen LogP contribution in [-0.2, 0) is 24.9 Å². The fourth-order valence-electron chi connectivity index (χ4n) is 3.04. The van der Waals surface area contributed by atoms with Crippen LogP contribution < -0.4 is 5.32 Å². The van der Waals surface area contributed by atoms with E-state index in [1.54, 1.807) is 0 Å². The summed E-state index contributed by atoms with van der Waals surface area (Å²) in [5.41, 5.74) is 2.13. The number of aromatic nitrogens is 3. The fourth-order valence-corrected chi connectivity index (χ4v) is 3.04. The van der Waals surface area contributed by atoms with E-state index < -0.39 is 0 Å². The van der Waals surface area contributed by atoms with Gasteiger partial charge in [0, 0.05) is 39.1 Å². The highest BCUT2D eigenvalue weighted by atomic mass is 16.1. The summed E-state index contributed by atoms with van der Waals surface area (Å²) >= 11 is 0. The smallest absolute Gasteiger partial charge is 0.217 e. The van der Waals surface area contributed by atoms with Crippen molar-refractivity contribution in [2.75, 3.05) is 6.54 Å². The highest BCUT2D eigenvalue weighted by Crippen LogP contribution is 2.31. The SMILES string of the molecule is CC(=O)NCc1ccc(C2CCCN2Cc2nccn2C)nc1. The van der Waals surface area contributed by atoms with Crippen LogP contribution in [0, 0.1) is 0 Å². The maximum atomic E-state index is 11.0. The number of nitrogens with one attached hydrogen (secondary N) is 1. The van der Waals surface area contributed by atoms with Crippen LogP contribution in [0.5, 0.6) is 0 Å². The minimum absolute atomic E-state index is 0.0221. The Morgan fingerprint density at radius 1 is 1.39 bits per heavy atom. The van der Waals surface area contributed by atoms with Gasteiger partial charge in [0.1, 0.15) is 5.82 Å². The molecule has 2 aromatic rings. The molecule has 0 saturated carbocycles. The zero-order chi connectivity index (χ0) is 16.2. The molecular formula is C17H23N5O. The molecule has 1 atom stereocenters. The van der Waals surface area contributed by atoms with Crippen LogP contribution in [0.4, 0.5) is 0 Å². The number of rotatable bonds is 5. The number of nitrogens with zero attached hydrogens (tertiary/aromatic N) is 4. The molecule has 122 valence electrons. The van der Waals surface area contributed by atoms with Gasteiger partial charge in [-0.05, 0) is 31.0 Å². The van der Waals surface area contributed by atoms with Crippen molar-refractivity contribution in [1.29, 1.82) is 0 Å². The van der Waals surface area contributed by atoms with E-state index >= 15 is 0 Å². The third-order valence-electron chi connectivity index (χ3n) is 4.36. The summed E-state index contributed by atoms with van der Waals surface area (Å²) in [6.07, 6.45) is 8.00. The Morgan fingerprint density at radius 3 is 2.91 bits per heavy atom. The number of hydrogen-bond donors (Lipinski definition) is 1. The average molecular weight is 313 g/mol. The number of imidazole rings is 1. The summed E-state index contributed by atoms with van der Waals surface area (Å²) in [5.74, 6) is 1.06. The molecule has 1 amide bonds. The Hall–Kier alpha value is -2.21. The Kier molecular flexibility index (Phi) is 4.71. The minimum Gasteiger partial charge on any atom is -0.352 e. The Bertz CT molecular complexity index is 664. The summed E-state index contributed by atoms with van der Waals surface area (Å²) in [5, 5.41) is 2.80. The van der Waals surface area contributed by atoms with Crippen LogP contribution >= 0.6 is 0 Å². The quantitative estimate of drug-likeness (QED) is 0.914. The standard InChI is InChI=1S/C17H23N5O/c1-13(23)19-10-14-5-6-15(20-11-14)16-4-3-8-22(16)12-17-18-7-9-21(17)2/h5-7,9,11,16H,3-4,8,10,12H2,1-2H3,(H,19,23). The largest absolute Gasteiger partial charge is 0.352 e. The molecule has 1 N–H and O–H groups in total. The van der Waals surface area contributed by atoms with Gasteiger partial charge in [-0.25, -0.2) is 4.98 Å². The normalized spacial score (nSPS) is 18.3. The van der Waals surface area contributed by atoms with Crippen LogP contribution in [0.3, 0.4) is 0 Å². The summed E-state index contributed by atoms with van der Waals surface area (Å²) in [7, 11) is 2.03. The summed E-state index contributed by atoms with van der Waals surface area (Å²) in [6, 6.07) is 4.48. The number of carbonyl (C=O) groups is 1. The van der Waals surface area contributed by atoms with Gasteiger partial charge in [-0.2, -0.15) is 0 Å². The van der Waals surface area contributed by atoms with Crippen molar-refractivity contribution in [3.8, 4) is 0 Å². The number of carbonyl (C=O) groups excluding carboxylic acids is 1. The number of likely N-dealkylation sites (tertiary alicyclic amines) is 1. The van der Waals surface area contributed by atoms with Crippen molar-refractivity contribution in [2.45, 2.75) is 38.9 Å². The summed E-state index contributed by atoms with van der Waals surface area (Å²) in [6.45, 7) is 3.98. The van der Waals surface area contributed by atoms with Crippen LogP contribution in [0.15, 0.2) is 30.7 Å². The average Bonchev–Trinajstić information content (AvgIpc) is 3.16. The molecule has 2 aromatic heterocycles. The summed E-state index contributed by atoms with van der Waals surface area (Å²) in [4.78, 5) is 22.5. The van der Waals surface area contributed by atoms with Gasteiger partial charge in [0.15, 0.2) is 0 Å². The van der Waals surface area contributed by atoms with E-state index in [0.29, 0.717) is 12.6 Å². The van der Waals surface area contributed by atoms with Crippen molar-refractivity contribution in [3.05, 3.63) is 47.8 Å². The molecule has 1 unspecified atom stereocenters. The summed E-state index contributed by atoms with van der Waals surface area (Å²) < 4.78 is 2.07. The van der Waals surface area contributed by atoms with E-state index in [1.165, 1.54) is 13.3 Å². The first-order chi connectivity index (χ1) is 11.1. The molecule has 6 heteroatoms. The molecule has 0 aliphatic carbocycles.